The standard InChI is InChI=1S/C11H23N/c1-6-10(12-5)8-7-9-11(2,3)4/h6-9H2,1-5H3. The Hall–Kier alpha value is -0.330. The zero-order valence-electron chi connectivity index (χ0n) is 9.28. The molecule has 0 rings (SSSR count). The SMILES string of the molecule is CCC(CCCC(C)(C)C)=NC. The first kappa shape index (κ1) is 11.7. The number of rotatable bonds is 4. The van der Waals surface area contributed by atoms with E-state index >= 15 is 0 Å². The largest absolute Gasteiger partial charge is 0.297 e. The van der Waals surface area contributed by atoms with Crippen molar-refractivity contribution in [3.05, 3.63) is 0 Å². The van der Waals surface area contributed by atoms with Gasteiger partial charge in [0.25, 0.3) is 0 Å². The fraction of sp³-hybridized carbons (Fsp3) is 0.909. The van der Waals surface area contributed by atoms with Gasteiger partial charge in [0, 0.05) is 12.8 Å². The molecule has 0 amide bonds. The Kier molecular flexibility index (Phi) is 5.19. The van der Waals surface area contributed by atoms with Crippen LogP contribution in [0.5, 0.6) is 0 Å². The molecule has 0 aliphatic heterocycles. The van der Waals surface area contributed by atoms with Crippen molar-refractivity contribution in [2.45, 2.75) is 53.4 Å². The minimum atomic E-state index is 0.479. The summed E-state index contributed by atoms with van der Waals surface area (Å²) < 4.78 is 0. The monoisotopic (exact) mass is 169 g/mol. The maximum atomic E-state index is 4.24. The van der Waals surface area contributed by atoms with Crippen molar-refractivity contribution < 1.29 is 0 Å². The average Bonchev–Trinajstić information content (AvgIpc) is 1.96. The molecule has 0 N–H and O–H groups in total. The van der Waals surface area contributed by atoms with Crippen molar-refractivity contribution in [3.8, 4) is 0 Å². The lowest BCUT2D eigenvalue weighted by Crippen LogP contribution is -2.06. The van der Waals surface area contributed by atoms with Gasteiger partial charge in [0.2, 0.25) is 0 Å². The van der Waals surface area contributed by atoms with Crippen LogP contribution < -0.4 is 0 Å². The fourth-order valence-electron chi connectivity index (χ4n) is 1.27. The Balaban J connectivity index is 3.56. The van der Waals surface area contributed by atoms with Crippen LogP contribution in [0.1, 0.15) is 53.4 Å². The van der Waals surface area contributed by atoms with E-state index in [-0.39, 0.29) is 0 Å². The van der Waals surface area contributed by atoms with E-state index in [1.807, 2.05) is 7.05 Å². The van der Waals surface area contributed by atoms with Crippen molar-refractivity contribution in [1.29, 1.82) is 0 Å². The summed E-state index contributed by atoms with van der Waals surface area (Å²) in [7, 11) is 1.90. The second-order valence-electron chi connectivity index (χ2n) is 4.56. The molecule has 0 aromatic rings. The van der Waals surface area contributed by atoms with Crippen molar-refractivity contribution in [2.75, 3.05) is 7.05 Å². The van der Waals surface area contributed by atoms with Crippen LogP contribution >= 0.6 is 0 Å². The minimum absolute atomic E-state index is 0.479. The second-order valence-corrected chi connectivity index (χ2v) is 4.56. The van der Waals surface area contributed by atoms with Gasteiger partial charge in [-0.15, -0.1) is 0 Å². The summed E-state index contributed by atoms with van der Waals surface area (Å²) in [4.78, 5) is 4.24. The molecule has 0 radical (unpaired) electrons. The summed E-state index contributed by atoms with van der Waals surface area (Å²) in [6.07, 6.45) is 4.88. The average molecular weight is 169 g/mol. The first-order valence-electron chi connectivity index (χ1n) is 4.94. The highest BCUT2D eigenvalue weighted by atomic mass is 14.7. The first-order valence-corrected chi connectivity index (χ1v) is 4.94. The van der Waals surface area contributed by atoms with Crippen molar-refractivity contribution in [1.82, 2.24) is 0 Å². The summed E-state index contributed by atoms with van der Waals surface area (Å²) in [5.74, 6) is 0. The van der Waals surface area contributed by atoms with Crippen LogP contribution in [0.25, 0.3) is 0 Å². The number of aliphatic imine (C=N–C) groups is 1. The van der Waals surface area contributed by atoms with Crippen LogP contribution in [0, 0.1) is 5.41 Å². The van der Waals surface area contributed by atoms with E-state index in [1.54, 1.807) is 0 Å². The Bertz CT molecular complexity index is 140. The highest BCUT2D eigenvalue weighted by Crippen LogP contribution is 2.21. The second kappa shape index (κ2) is 5.34. The molecule has 0 heterocycles. The third-order valence-corrected chi connectivity index (χ3v) is 2.12. The third-order valence-electron chi connectivity index (χ3n) is 2.12. The normalized spacial score (nSPS) is 13.6. The van der Waals surface area contributed by atoms with E-state index in [4.69, 9.17) is 0 Å². The molecule has 0 fully saturated rings. The molecule has 72 valence electrons. The third kappa shape index (κ3) is 6.38. The van der Waals surface area contributed by atoms with Crippen LogP contribution in [-0.2, 0) is 0 Å². The van der Waals surface area contributed by atoms with Gasteiger partial charge in [-0.2, -0.15) is 0 Å². The van der Waals surface area contributed by atoms with E-state index in [0.29, 0.717) is 5.41 Å². The Morgan fingerprint density at radius 2 is 1.83 bits per heavy atom. The fourth-order valence-corrected chi connectivity index (χ4v) is 1.27. The Morgan fingerprint density at radius 3 is 2.17 bits per heavy atom. The number of nitrogens with zero attached hydrogens (tertiary/aromatic N) is 1. The van der Waals surface area contributed by atoms with Crippen molar-refractivity contribution in [3.63, 3.8) is 0 Å². The molecule has 0 atom stereocenters. The van der Waals surface area contributed by atoms with Crippen LogP contribution in [0.2, 0.25) is 0 Å². The molecule has 12 heavy (non-hydrogen) atoms. The van der Waals surface area contributed by atoms with Gasteiger partial charge >= 0.3 is 0 Å². The molecule has 1 nitrogen and oxygen atoms in total. The van der Waals surface area contributed by atoms with Gasteiger partial charge in [-0.1, -0.05) is 27.7 Å². The lowest BCUT2D eigenvalue weighted by Gasteiger charge is -2.17. The van der Waals surface area contributed by atoms with E-state index in [1.165, 1.54) is 25.0 Å². The zero-order chi connectivity index (χ0) is 9.61. The lowest BCUT2D eigenvalue weighted by atomic mass is 9.89. The molecule has 0 spiro atoms. The summed E-state index contributed by atoms with van der Waals surface area (Å²) in [5, 5.41) is 0. The maximum absolute atomic E-state index is 4.24. The van der Waals surface area contributed by atoms with E-state index in [0.717, 1.165) is 6.42 Å². The maximum Gasteiger partial charge on any atom is 0.0276 e. The topological polar surface area (TPSA) is 12.4 Å². The van der Waals surface area contributed by atoms with Crippen LogP contribution in [0.4, 0.5) is 0 Å². The summed E-state index contributed by atoms with van der Waals surface area (Å²) >= 11 is 0. The van der Waals surface area contributed by atoms with E-state index < -0.39 is 0 Å². The molecular weight excluding hydrogens is 146 g/mol. The highest BCUT2D eigenvalue weighted by Gasteiger charge is 2.09. The molecule has 0 aliphatic carbocycles. The quantitative estimate of drug-likeness (QED) is 0.569. The smallest absolute Gasteiger partial charge is 0.0276 e. The lowest BCUT2D eigenvalue weighted by molar-refractivity contribution is 0.368. The predicted octanol–water partition coefficient (Wildman–Crippen LogP) is 3.68. The van der Waals surface area contributed by atoms with Crippen LogP contribution in [0.15, 0.2) is 4.99 Å². The van der Waals surface area contributed by atoms with Crippen molar-refractivity contribution in [2.24, 2.45) is 10.4 Å². The number of hydrogen-bond donors (Lipinski definition) is 0. The molecule has 0 saturated heterocycles. The van der Waals surface area contributed by atoms with Gasteiger partial charge in [0.1, 0.15) is 0 Å². The van der Waals surface area contributed by atoms with Crippen LogP contribution in [0.3, 0.4) is 0 Å². The predicted molar refractivity (Wildman–Crippen MR) is 57.0 cm³/mol. The summed E-state index contributed by atoms with van der Waals surface area (Å²) in [6.45, 7) is 9.06. The molecule has 0 saturated carbocycles. The molecule has 0 aliphatic rings. The zero-order valence-corrected chi connectivity index (χ0v) is 9.28. The Morgan fingerprint density at radius 1 is 1.25 bits per heavy atom. The summed E-state index contributed by atoms with van der Waals surface area (Å²) in [6, 6.07) is 0. The van der Waals surface area contributed by atoms with Gasteiger partial charge < -0.3 is 0 Å². The first-order chi connectivity index (χ1) is 5.49. The minimum Gasteiger partial charge on any atom is -0.297 e. The van der Waals surface area contributed by atoms with Crippen molar-refractivity contribution >= 4 is 5.71 Å². The van der Waals surface area contributed by atoms with Gasteiger partial charge in [-0.3, -0.25) is 4.99 Å². The molecule has 0 unspecified atom stereocenters. The number of hydrogen-bond acceptors (Lipinski definition) is 1. The summed E-state index contributed by atoms with van der Waals surface area (Å²) in [5.41, 5.74) is 1.84. The molecule has 1 heteroatoms. The van der Waals surface area contributed by atoms with Gasteiger partial charge in [-0.25, -0.2) is 0 Å². The highest BCUT2D eigenvalue weighted by molar-refractivity contribution is 5.83. The van der Waals surface area contributed by atoms with Gasteiger partial charge in [-0.05, 0) is 31.1 Å². The van der Waals surface area contributed by atoms with Crippen LogP contribution in [-0.4, -0.2) is 12.8 Å². The molecular formula is C11H23N. The molecule has 0 bridgehead atoms. The molecule has 0 aromatic carbocycles. The Labute approximate surface area is 77.3 Å². The van der Waals surface area contributed by atoms with Gasteiger partial charge in [0.15, 0.2) is 0 Å². The van der Waals surface area contributed by atoms with Gasteiger partial charge in [0.05, 0.1) is 0 Å². The molecule has 0 aromatic heterocycles. The van der Waals surface area contributed by atoms with E-state index in [9.17, 15) is 0 Å². The van der Waals surface area contributed by atoms with E-state index in [2.05, 4.69) is 32.7 Å².